The lowest BCUT2D eigenvalue weighted by Crippen LogP contribution is -2.28. The molecular weight excluding hydrogens is 269 g/mol. The molecule has 0 bridgehead atoms. The number of hydrogen-bond acceptors (Lipinski definition) is 3. The molecule has 0 amide bonds. The van der Waals surface area contributed by atoms with Gasteiger partial charge in [0.2, 0.25) is 0 Å². The molecule has 1 aliphatic rings. The number of rotatable bonds is 2. The van der Waals surface area contributed by atoms with E-state index in [2.05, 4.69) is 10.2 Å². The van der Waals surface area contributed by atoms with Crippen LogP contribution in [0.4, 0.5) is 13.2 Å². The Morgan fingerprint density at radius 3 is 2.61 bits per heavy atom. The van der Waals surface area contributed by atoms with E-state index in [1.165, 1.54) is 0 Å². The van der Waals surface area contributed by atoms with E-state index in [0.717, 1.165) is 12.6 Å². The van der Waals surface area contributed by atoms with Crippen LogP contribution in [0.3, 0.4) is 0 Å². The first-order valence-electron chi connectivity index (χ1n) is 5.45. The van der Waals surface area contributed by atoms with Crippen LogP contribution in [0, 0.1) is 5.92 Å². The van der Waals surface area contributed by atoms with Crippen molar-refractivity contribution in [3.05, 3.63) is 17.5 Å². The van der Waals surface area contributed by atoms with Crippen molar-refractivity contribution in [2.45, 2.75) is 25.7 Å². The first-order valence-corrected chi connectivity index (χ1v) is 5.45. The summed E-state index contributed by atoms with van der Waals surface area (Å²) in [6.07, 6.45) is -4.39. The third-order valence-electron chi connectivity index (χ3n) is 3.06. The maximum absolute atomic E-state index is 12.3. The number of H-pyrrole nitrogens is 1. The summed E-state index contributed by atoms with van der Waals surface area (Å²) in [4.78, 5) is 2.03. The van der Waals surface area contributed by atoms with Crippen LogP contribution in [0.5, 0.6) is 0 Å². The van der Waals surface area contributed by atoms with Crippen molar-refractivity contribution in [3.63, 3.8) is 0 Å². The number of hydrogen-bond donors (Lipinski definition) is 2. The number of nitrogens with zero attached hydrogens (tertiary/aromatic N) is 2. The predicted molar refractivity (Wildman–Crippen MR) is 63.3 cm³/mol. The summed E-state index contributed by atoms with van der Waals surface area (Å²) in [6, 6.07) is 1.15. The average molecular weight is 285 g/mol. The number of alkyl halides is 3. The highest BCUT2D eigenvalue weighted by Crippen LogP contribution is 2.28. The van der Waals surface area contributed by atoms with Crippen LogP contribution >= 0.6 is 12.4 Å². The van der Waals surface area contributed by atoms with E-state index in [4.69, 9.17) is 5.73 Å². The Balaban J connectivity index is 0.00000162. The van der Waals surface area contributed by atoms with Crippen molar-refractivity contribution in [2.75, 3.05) is 13.1 Å². The van der Waals surface area contributed by atoms with Gasteiger partial charge in [0.15, 0.2) is 5.69 Å². The van der Waals surface area contributed by atoms with Gasteiger partial charge in [-0.05, 0) is 12.0 Å². The van der Waals surface area contributed by atoms with Crippen molar-refractivity contribution in [3.8, 4) is 0 Å². The Hall–Kier alpha value is -0.790. The molecule has 2 heterocycles. The smallest absolute Gasteiger partial charge is 0.326 e. The van der Waals surface area contributed by atoms with E-state index in [9.17, 15) is 13.2 Å². The Kier molecular flexibility index (Phi) is 4.63. The third-order valence-corrected chi connectivity index (χ3v) is 3.06. The van der Waals surface area contributed by atoms with Gasteiger partial charge in [-0.1, -0.05) is 6.92 Å². The summed E-state index contributed by atoms with van der Waals surface area (Å²) < 4.78 is 37.0. The molecule has 104 valence electrons. The predicted octanol–water partition coefficient (Wildman–Crippen LogP) is 1.63. The molecule has 0 aromatic carbocycles. The van der Waals surface area contributed by atoms with Gasteiger partial charge in [0.1, 0.15) is 0 Å². The SMILES string of the molecule is CC1CN(Cc2cc(C(F)(F)F)n[nH]2)CC1N.Cl. The van der Waals surface area contributed by atoms with Gasteiger partial charge in [0, 0.05) is 31.4 Å². The van der Waals surface area contributed by atoms with E-state index in [0.29, 0.717) is 24.7 Å². The zero-order chi connectivity index (χ0) is 12.6. The molecule has 4 nitrogen and oxygen atoms in total. The molecule has 1 aliphatic heterocycles. The maximum atomic E-state index is 12.3. The van der Waals surface area contributed by atoms with Crippen LogP contribution in [0.2, 0.25) is 0 Å². The highest BCUT2D eigenvalue weighted by molar-refractivity contribution is 5.85. The molecule has 0 saturated carbocycles. The molecule has 0 spiro atoms. The van der Waals surface area contributed by atoms with E-state index >= 15 is 0 Å². The van der Waals surface area contributed by atoms with E-state index in [1.807, 2.05) is 11.8 Å². The lowest BCUT2D eigenvalue weighted by molar-refractivity contribution is -0.141. The number of halogens is 4. The van der Waals surface area contributed by atoms with E-state index in [1.54, 1.807) is 0 Å². The van der Waals surface area contributed by atoms with Crippen LogP contribution in [0.1, 0.15) is 18.3 Å². The second-order valence-electron chi connectivity index (χ2n) is 4.61. The maximum Gasteiger partial charge on any atom is 0.435 e. The molecule has 2 atom stereocenters. The largest absolute Gasteiger partial charge is 0.435 e. The van der Waals surface area contributed by atoms with Crippen LogP contribution < -0.4 is 5.73 Å². The van der Waals surface area contributed by atoms with Gasteiger partial charge in [-0.15, -0.1) is 12.4 Å². The molecule has 1 fully saturated rings. The monoisotopic (exact) mass is 284 g/mol. The minimum absolute atomic E-state index is 0. The molecule has 8 heteroatoms. The number of nitrogens with one attached hydrogen (secondary N) is 1. The normalized spacial score (nSPS) is 25.2. The first-order chi connectivity index (χ1) is 7.86. The fraction of sp³-hybridized carbons (Fsp3) is 0.700. The number of aromatic amines is 1. The molecule has 1 saturated heterocycles. The Labute approximate surface area is 109 Å². The van der Waals surface area contributed by atoms with Gasteiger partial charge in [0.05, 0.1) is 0 Å². The summed E-state index contributed by atoms with van der Waals surface area (Å²) in [6.45, 7) is 3.99. The summed E-state index contributed by atoms with van der Waals surface area (Å²) in [5, 5.41) is 5.68. The van der Waals surface area contributed by atoms with Gasteiger partial charge in [-0.3, -0.25) is 10.00 Å². The first kappa shape index (κ1) is 15.3. The molecular formula is C10H16ClF3N4. The Morgan fingerprint density at radius 1 is 1.50 bits per heavy atom. The lowest BCUT2D eigenvalue weighted by Gasteiger charge is -2.13. The molecule has 18 heavy (non-hydrogen) atoms. The zero-order valence-electron chi connectivity index (χ0n) is 9.87. The summed E-state index contributed by atoms with van der Waals surface area (Å²) in [7, 11) is 0. The molecule has 0 radical (unpaired) electrons. The topological polar surface area (TPSA) is 57.9 Å². The highest BCUT2D eigenvalue weighted by atomic mass is 35.5. The molecule has 2 rings (SSSR count). The van der Waals surface area contributed by atoms with Crippen LogP contribution in [-0.2, 0) is 12.7 Å². The molecule has 2 unspecified atom stereocenters. The Bertz CT molecular complexity index is 383. The van der Waals surface area contributed by atoms with Crippen molar-refractivity contribution < 1.29 is 13.2 Å². The lowest BCUT2D eigenvalue weighted by atomic mass is 10.1. The Morgan fingerprint density at radius 2 is 2.17 bits per heavy atom. The highest BCUT2D eigenvalue weighted by Gasteiger charge is 2.34. The summed E-state index contributed by atoms with van der Waals surface area (Å²) in [5.41, 5.74) is 5.45. The number of likely N-dealkylation sites (tertiary alicyclic amines) is 1. The van der Waals surface area contributed by atoms with E-state index < -0.39 is 11.9 Å². The second kappa shape index (κ2) is 5.46. The average Bonchev–Trinajstić information content (AvgIpc) is 2.75. The van der Waals surface area contributed by atoms with Gasteiger partial charge >= 0.3 is 6.18 Å². The summed E-state index contributed by atoms with van der Waals surface area (Å²) >= 11 is 0. The van der Waals surface area contributed by atoms with Crippen molar-refractivity contribution in [2.24, 2.45) is 11.7 Å². The van der Waals surface area contributed by atoms with Crippen molar-refractivity contribution in [1.82, 2.24) is 15.1 Å². The van der Waals surface area contributed by atoms with Crippen LogP contribution in [0.25, 0.3) is 0 Å². The van der Waals surface area contributed by atoms with Gasteiger partial charge in [-0.2, -0.15) is 18.3 Å². The quantitative estimate of drug-likeness (QED) is 0.868. The third kappa shape index (κ3) is 3.37. The minimum atomic E-state index is -4.39. The summed E-state index contributed by atoms with van der Waals surface area (Å²) in [5.74, 6) is 0.375. The van der Waals surface area contributed by atoms with Gasteiger partial charge in [0.25, 0.3) is 0 Å². The van der Waals surface area contributed by atoms with Crippen molar-refractivity contribution >= 4 is 12.4 Å². The number of nitrogens with two attached hydrogens (primary N) is 1. The molecule has 0 aliphatic carbocycles. The van der Waals surface area contributed by atoms with Gasteiger partial charge < -0.3 is 5.73 Å². The van der Waals surface area contributed by atoms with Crippen molar-refractivity contribution in [1.29, 1.82) is 0 Å². The fourth-order valence-electron chi connectivity index (χ4n) is 2.05. The van der Waals surface area contributed by atoms with E-state index in [-0.39, 0.29) is 18.4 Å². The standard InChI is InChI=1S/C10H15F3N4.ClH/c1-6-3-17(5-8(6)14)4-7-2-9(16-15-7)10(11,12)13;/h2,6,8H,3-5,14H2,1H3,(H,15,16);1H. The van der Waals surface area contributed by atoms with Gasteiger partial charge in [-0.25, -0.2) is 0 Å². The molecule has 1 aromatic rings. The fourth-order valence-corrected chi connectivity index (χ4v) is 2.05. The molecule has 1 aromatic heterocycles. The molecule has 3 N–H and O–H groups in total. The van der Waals surface area contributed by atoms with Crippen LogP contribution in [-0.4, -0.2) is 34.2 Å². The zero-order valence-corrected chi connectivity index (χ0v) is 10.7. The minimum Gasteiger partial charge on any atom is -0.326 e. The van der Waals surface area contributed by atoms with Crippen LogP contribution in [0.15, 0.2) is 6.07 Å². The second-order valence-corrected chi connectivity index (χ2v) is 4.61. The number of aromatic nitrogens is 2.